The molecule has 1 heterocycles. The van der Waals surface area contributed by atoms with Gasteiger partial charge in [-0.1, -0.05) is 0 Å². The van der Waals surface area contributed by atoms with Crippen molar-refractivity contribution in [2.24, 2.45) is 0 Å². The third kappa shape index (κ3) is 3.59. The van der Waals surface area contributed by atoms with Crippen LogP contribution in [0.2, 0.25) is 0 Å². The summed E-state index contributed by atoms with van der Waals surface area (Å²) in [5.41, 5.74) is 0.142. The van der Waals surface area contributed by atoms with Crippen molar-refractivity contribution in [1.82, 2.24) is 4.90 Å². The van der Waals surface area contributed by atoms with E-state index >= 15 is 0 Å². The van der Waals surface area contributed by atoms with Crippen LogP contribution in [0, 0.1) is 11.6 Å². The zero-order chi connectivity index (χ0) is 14.7. The van der Waals surface area contributed by atoms with E-state index in [1.165, 1.54) is 6.07 Å². The summed E-state index contributed by atoms with van der Waals surface area (Å²) in [6.07, 6.45) is -0.407. The van der Waals surface area contributed by atoms with Crippen LogP contribution in [-0.4, -0.2) is 54.2 Å². The van der Waals surface area contributed by atoms with Crippen LogP contribution in [0.5, 0.6) is 0 Å². The van der Waals surface area contributed by atoms with Gasteiger partial charge in [-0.05, 0) is 25.1 Å². The van der Waals surface area contributed by atoms with Crippen LogP contribution in [-0.2, 0) is 4.74 Å². The van der Waals surface area contributed by atoms with Crippen LogP contribution in [0.1, 0.15) is 17.3 Å². The number of aliphatic hydroxyl groups is 1. The fraction of sp³-hybridized carbons (Fsp3) is 0.500. The monoisotopic (exact) mass is 285 g/mol. The summed E-state index contributed by atoms with van der Waals surface area (Å²) in [4.78, 5) is 13.9. The van der Waals surface area contributed by atoms with Crippen molar-refractivity contribution in [2.75, 3.05) is 26.2 Å². The predicted molar refractivity (Wildman–Crippen MR) is 68.5 cm³/mol. The Morgan fingerprint density at radius 1 is 1.40 bits per heavy atom. The van der Waals surface area contributed by atoms with Crippen molar-refractivity contribution in [3.63, 3.8) is 0 Å². The molecule has 1 aromatic carbocycles. The number of rotatable bonds is 4. The molecule has 0 saturated carbocycles. The highest BCUT2D eigenvalue weighted by Gasteiger charge is 2.26. The van der Waals surface area contributed by atoms with Crippen molar-refractivity contribution >= 4 is 5.78 Å². The Morgan fingerprint density at radius 3 is 2.80 bits per heavy atom. The summed E-state index contributed by atoms with van der Waals surface area (Å²) in [5.74, 6) is -2.28. The van der Waals surface area contributed by atoms with E-state index in [-0.39, 0.29) is 36.7 Å². The van der Waals surface area contributed by atoms with Crippen LogP contribution in [0.15, 0.2) is 18.2 Å². The van der Waals surface area contributed by atoms with E-state index in [9.17, 15) is 13.6 Å². The molecule has 0 bridgehead atoms. The Bertz CT molecular complexity index is 495. The van der Waals surface area contributed by atoms with Crippen molar-refractivity contribution in [1.29, 1.82) is 0 Å². The number of hydrogen-bond acceptors (Lipinski definition) is 4. The highest BCUT2D eigenvalue weighted by atomic mass is 19.2. The molecule has 6 heteroatoms. The molecule has 1 fully saturated rings. The molecule has 1 aliphatic rings. The van der Waals surface area contributed by atoms with Gasteiger partial charge >= 0.3 is 0 Å². The zero-order valence-corrected chi connectivity index (χ0v) is 11.2. The van der Waals surface area contributed by atoms with Gasteiger partial charge in [-0.15, -0.1) is 0 Å². The Balaban J connectivity index is 2.01. The van der Waals surface area contributed by atoms with E-state index in [4.69, 9.17) is 9.84 Å². The molecule has 0 spiro atoms. The lowest BCUT2D eigenvalue weighted by molar-refractivity contribution is -0.0926. The Hall–Kier alpha value is -1.37. The van der Waals surface area contributed by atoms with Gasteiger partial charge in [0.1, 0.15) is 0 Å². The van der Waals surface area contributed by atoms with Gasteiger partial charge in [0.15, 0.2) is 17.4 Å². The number of ether oxygens (including phenoxy) is 1. The molecule has 4 nitrogen and oxygen atoms in total. The number of carbonyl (C=O) groups is 1. The molecule has 0 amide bonds. The van der Waals surface area contributed by atoms with E-state index in [0.717, 1.165) is 12.1 Å². The second-order valence-corrected chi connectivity index (χ2v) is 5.00. The van der Waals surface area contributed by atoms with Crippen LogP contribution in [0.3, 0.4) is 0 Å². The third-order valence-corrected chi connectivity index (χ3v) is 3.21. The standard InChI is InChI=1S/C14H17F2NO3/c1-9-5-17(6-11(8-18)20-9)7-14(19)10-2-3-12(15)13(16)4-10/h2-4,9,11,18H,5-8H2,1H3. The van der Waals surface area contributed by atoms with Gasteiger partial charge in [-0.3, -0.25) is 9.69 Å². The van der Waals surface area contributed by atoms with E-state index in [0.29, 0.717) is 13.1 Å². The molecular formula is C14H17F2NO3. The number of carbonyl (C=O) groups excluding carboxylic acids is 1. The number of aliphatic hydroxyl groups excluding tert-OH is 1. The fourth-order valence-electron chi connectivity index (χ4n) is 2.33. The van der Waals surface area contributed by atoms with E-state index in [2.05, 4.69) is 0 Å². The lowest BCUT2D eigenvalue weighted by Crippen LogP contribution is -2.49. The lowest BCUT2D eigenvalue weighted by atomic mass is 10.1. The number of benzene rings is 1. The molecule has 2 atom stereocenters. The number of morpholine rings is 1. The van der Waals surface area contributed by atoms with Gasteiger partial charge in [0, 0.05) is 18.7 Å². The Morgan fingerprint density at radius 2 is 2.15 bits per heavy atom. The average Bonchev–Trinajstić information content (AvgIpc) is 2.41. The van der Waals surface area contributed by atoms with E-state index in [1.807, 2.05) is 11.8 Å². The molecule has 1 N–H and O–H groups in total. The minimum absolute atomic E-state index is 0.0846. The molecule has 110 valence electrons. The number of ketones is 1. The van der Waals surface area contributed by atoms with Gasteiger partial charge in [0.25, 0.3) is 0 Å². The second kappa shape index (κ2) is 6.39. The molecule has 0 aromatic heterocycles. The summed E-state index contributed by atoms with van der Waals surface area (Å²) in [5, 5.41) is 9.12. The van der Waals surface area contributed by atoms with Crippen LogP contribution < -0.4 is 0 Å². The minimum atomic E-state index is -1.03. The van der Waals surface area contributed by atoms with Crippen molar-refractivity contribution in [2.45, 2.75) is 19.1 Å². The average molecular weight is 285 g/mol. The van der Waals surface area contributed by atoms with Gasteiger partial charge in [-0.2, -0.15) is 0 Å². The SMILES string of the molecule is CC1CN(CC(=O)c2ccc(F)c(F)c2)CC(CO)O1. The van der Waals surface area contributed by atoms with Crippen molar-refractivity contribution < 1.29 is 23.4 Å². The maximum atomic E-state index is 13.1. The number of Topliss-reactive ketones (excluding diaryl/α,β-unsaturated/α-hetero) is 1. The smallest absolute Gasteiger partial charge is 0.176 e. The normalized spacial score (nSPS) is 23.8. The first-order valence-electron chi connectivity index (χ1n) is 6.46. The number of nitrogens with zero attached hydrogens (tertiary/aromatic N) is 1. The summed E-state index contributed by atoms with van der Waals surface area (Å²) < 4.78 is 31.4. The molecule has 1 aliphatic heterocycles. The summed E-state index contributed by atoms with van der Waals surface area (Å²) in [6.45, 7) is 2.84. The number of hydrogen-bond donors (Lipinski definition) is 1. The third-order valence-electron chi connectivity index (χ3n) is 3.21. The summed E-state index contributed by atoms with van der Waals surface area (Å²) >= 11 is 0. The molecule has 20 heavy (non-hydrogen) atoms. The fourth-order valence-corrected chi connectivity index (χ4v) is 2.33. The van der Waals surface area contributed by atoms with Crippen molar-refractivity contribution in [3.05, 3.63) is 35.4 Å². The van der Waals surface area contributed by atoms with E-state index in [1.54, 1.807) is 0 Å². The first-order chi connectivity index (χ1) is 9.49. The highest BCUT2D eigenvalue weighted by Crippen LogP contribution is 2.13. The van der Waals surface area contributed by atoms with Crippen LogP contribution >= 0.6 is 0 Å². The zero-order valence-electron chi connectivity index (χ0n) is 11.2. The predicted octanol–water partition coefficient (Wildman–Crippen LogP) is 1.23. The maximum Gasteiger partial charge on any atom is 0.176 e. The van der Waals surface area contributed by atoms with Gasteiger partial charge in [-0.25, -0.2) is 8.78 Å². The first kappa shape index (κ1) is 15.0. The lowest BCUT2D eigenvalue weighted by Gasteiger charge is -2.35. The van der Waals surface area contributed by atoms with Gasteiger partial charge < -0.3 is 9.84 Å². The topological polar surface area (TPSA) is 49.8 Å². The van der Waals surface area contributed by atoms with Crippen LogP contribution in [0.25, 0.3) is 0 Å². The molecule has 1 aromatic rings. The summed E-state index contributed by atoms with van der Waals surface area (Å²) in [6, 6.07) is 3.13. The molecule has 0 radical (unpaired) electrons. The maximum absolute atomic E-state index is 13.1. The van der Waals surface area contributed by atoms with Gasteiger partial charge in [0.2, 0.25) is 0 Å². The molecule has 2 unspecified atom stereocenters. The largest absolute Gasteiger partial charge is 0.394 e. The number of halogens is 2. The van der Waals surface area contributed by atoms with Gasteiger partial charge in [0.05, 0.1) is 25.4 Å². The van der Waals surface area contributed by atoms with Crippen LogP contribution in [0.4, 0.5) is 8.78 Å². The first-order valence-corrected chi connectivity index (χ1v) is 6.46. The molecule has 2 rings (SSSR count). The molecule has 1 saturated heterocycles. The minimum Gasteiger partial charge on any atom is -0.394 e. The Kier molecular flexibility index (Phi) is 4.80. The second-order valence-electron chi connectivity index (χ2n) is 5.00. The van der Waals surface area contributed by atoms with E-state index < -0.39 is 11.6 Å². The summed E-state index contributed by atoms with van der Waals surface area (Å²) in [7, 11) is 0. The quantitative estimate of drug-likeness (QED) is 0.845. The molecular weight excluding hydrogens is 268 g/mol. The highest BCUT2D eigenvalue weighted by molar-refractivity contribution is 5.97. The Labute approximate surface area is 116 Å². The van der Waals surface area contributed by atoms with Crippen molar-refractivity contribution in [3.8, 4) is 0 Å². The molecule has 0 aliphatic carbocycles.